The summed E-state index contributed by atoms with van der Waals surface area (Å²) in [6, 6.07) is 7.58. The van der Waals surface area contributed by atoms with Crippen LogP contribution in [0.5, 0.6) is 11.5 Å². The number of ether oxygens (including phenoxy) is 2. The van der Waals surface area contributed by atoms with Crippen molar-refractivity contribution >= 4 is 33.1 Å². The Morgan fingerprint density at radius 2 is 1.80 bits per heavy atom. The largest absolute Gasteiger partial charge is 0.497 e. The quantitative estimate of drug-likeness (QED) is 0.796. The molecule has 20 heavy (non-hydrogen) atoms. The van der Waals surface area contributed by atoms with E-state index in [2.05, 4.69) is 15.3 Å². The van der Waals surface area contributed by atoms with E-state index in [1.807, 2.05) is 29.6 Å². The molecule has 0 amide bonds. The van der Waals surface area contributed by atoms with Crippen molar-refractivity contribution < 1.29 is 9.47 Å². The average molecular weight is 287 g/mol. The highest BCUT2D eigenvalue weighted by atomic mass is 32.1. The minimum atomic E-state index is 0.725. The number of methoxy groups -OCH3 is 2. The Hall–Kier alpha value is -2.34. The first-order valence-corrected chi connectivity index (χ1v) is 6.86. The second kappa shape index (κ2) is 5.34. The Morgan fingerprint density at radius 3 is 2.50 bits per heavy atom. The maximum Gasteiger partial charge on any atom is 0.151 e. The molecule has 102 valence electrons. The number of nitrogens with zero attached hydrogens (tertiary/aromatic N) is 2. The summed E-state index contributed by atoms with van der Waals surface area (Å²) in [5, 5.41) is 5.28. The zero-order valence-electron chi connectivity index (χ0n) is 11.1. The molecule has 0 unspecified atom stereocenters. The Balaban J connectivity index is 2.00. The number of hydrogen-bond acceptors (Lipinski definition) is 6. The summed E-state index contributed by atoms with van der Waals surface area (Å²) >= 11 is 1.60. The highest BCUT2D eigenvalue weighted by molar-refractivity contribution is 7.17. The van der Waals surface area contributed by atoms with Crippen LogP contribution in [0, 0.1) is 0 Å². The molecule has 0 bridgehead atoms. The van der Waals surface area contributed by atoms with Gasteiger partial charge in [-0.3, -0.25) is 0 Å². The molecule has 5 nitrogen and oxygen atoms in total. The van der Waals surface area contributed by atoms with Crippen molar-refractivity contribution in [3.63, 3.8) is 0 Å². The molecular formula is C14H13N3O2S. The van der Waals surface area contributed by atoms with E-state index < -0.39 is 0 Å². The van der Waals surface area contributed by atoms with E-state index in [-0.39, 0.29) is 0 Å². The van der Waals surface area contributed by atoms with Crippen LogP contribution in [-0.2, 0) is 0 Å². The number of aromatic nitrogens is 2. The van der Waals surface area contributed by atoms with Crippen molar-refractivity contribution in [1.82, 2.24) is 9.97 Å². The van der Waals surface area contributed by atoms with Crippen molar-refractivity contribution in [2.75, 3.05) is 19.5 Å². The lowest BCUT2D eigenvalue weighted by Crippen LogP contribution is -1.96. The SMILES string of the molecule is COc1cc(Nc2ncnc3ccsc23)cc(OC)c1. The van der Waals surface area contributed by atoms with Gasteiger partial charge in [0, 0.05) is 23.9 Å². The molecule has 1 aromatic carbocycles. The Bertz CT molecular complexity index is 720. The monoisotopic (exact) mass is 287 g/mol. The smallest absolute Gasteiger partial charge is 0.151 e. The van der Waals surface area contributed by atoms with Gasteiger partial charge in [-0.05, 0) is 11.4 Å². The predicted molar refractivity (Wildman–Crippen MR) is 80.2 cm³/mol. The Labute approximate surface area is 120 Å². The van der Waals surface area contributed by atoms with E-state index in [1.54, 1.807) is 31.9 Å². The number of benzene rings is 1. The Morgan fingerprint density at radius 1 is 1.05 bits per heavy atom. The molecule has 1 N–H and O–H groups in total. The van der Waals surface area contributed by atoms with Gasteiger partial charge in [0.05, 0.1) is 24.4 Å². The number of fused-ring (bicyclic) bond motifs is 1. The third-order valence-corrected chi connectivity index (χ3v) is 3.77. The zero-order valence-corrected chi connectivity index (χ0v) is 11.9. The molecule has 2 aromatic heterocycles. The molecule has 6 heteroatoms. The van der Waals surface area contributed by atoms with Gasteiger partial charge in [-0.1, -0.05) is 0 Å². The molecule has 0 radical (unpaired) electrons. The fourth-order valence-electron chi connectivity index (χ4n) is 1.89. The lowest BCUT2D eigenvalue weighted by Gasteiger charge is -2.10. The van der Waals surface area contributed by atoms with Gasteiger partial charge in [-0.15, -0.1) is 11.3 Å². The van der Waals surface area contributed by atoms with Crippen LogP contribution >= 0.6 is 11.3 Å². The van der Waals surface area contributed by atoms with E-state index in [1.165, 1.54) is 0 Å². The fraction of sp³-hybridized carbons (Fsp3) is 0.143. The van der Waals surface area contributed by atoms with Crippen LogP contribution in [0.15, 0.2) is 36.0 Å². The van der Waals surface area contributed by atoms with Crippen LogP contribution in [0.2, 0.25) is 0 Å². The first kappa shape index (κ1) is 12.7. The van der Waals surface area contributed by atoms with Gasteiger partial charge >= 0.3 is 0 Å². The van der Waals surface area contributed by atoms with Crippen LogP contribution in [0.3, 0.4) is 0 Å². The molecule has 3 rings (SSSR count). The zero-order chi connectivity index (χ0) is 13.9. The summed E-state index contributed by atoms with van der Waals surface area (Å²) in [5.74, 6) is 2.23. The van der Waals surface area contributed by atoms with E-state index in [9.17, 15) is 0 Å². The van der Waals surface area contributed by atoms with Crippen molar-refractivity contribution in [3.05, 3.63) is 36.0 Å². The van der Waals surface area contributed by atoms with E-state index in [0.717, 1.165) is 33.2 Å². The van der Waals surface area contributed by atoms with E-state index in [0.29, 0.717) is 0 Å². The van der Waals surface area contributed by atoms with Gasteiger partial charge in [0.1, 0.15) is 17.8 Å². The van der Waals surface area contributed by atoms with Gasteiger partial charge < -0.3 is 14.8 Å². The van der Waals surface area contributed by atoms with Crippen LogP contribution < -0.4 is 14.8 Å². The second-order valence-corrected chi connectivity index (χ2v) is 5.00. The van der Waals surface area contributed by atoms with Crippen LogP contribution in [0.4, 0.5) is 11.5 Å². The average Bonchev–Trinajstić information content (AvgIpc) is 2.96. The summed E-state index contributed by atoms with van der Waals surface area (Å²) in [6.45, 7) is 0. The maximum atomic E-state index is 5.26. The summed E-state index contributed by atoms with van der Waals surface area (Å²) < 4.78 is 11.5. The van der Waals surface area contributed by atoms with Crippen molar-refractivity contribution in [3.8, 4) is 11.5 Å². The van der Waals surface area contributed by atoms with Crippen LogP contribution in [0.25, 0.3) is 10.2 Å². The van der Waals surface area contributed by atoms with Gasteiger partial charge in [0.25, 0.3) is 0 Å². The molecule has 0 aliphatic carbocycles. The molecule has 0 aliphatic heterocycles. The minimum absolute atomic E-state index is 0.725. The molecule has 0 atom stereocenters. The second-order valence-electron chi connectivity index (χ2n) is 4.08. The van der Waals surface area contributed by atoms with Crippen LogP contribution in [0.1, 0.15) is 0 Å². The van der Waals surface area contributed by atoms with Gasteiger partial charge in [0.15, 0.2) is 5.82 Å². The van der Waals surface area contributed by atoms with Crippen molar-refractivity contribution in [2.45, 2.75) is 0 Å². The third kappa shape index (κ3) is 2.37. The van der Waals surface area contributed by atoms with Gasteiger partial charge in [-0.2, -0.15) is 0 Å². The molecule has 0 aliphatic rings. The predicted octanol–water partition coefficient (Wildman–Crippen LogP) is 3.45. The summed E-state index contributed by atoms with van der Waals surface area (Å²) in [4.78, 5) is 8.51. The number of hydrogen-bond donors (Lipinski definition) is 1. The molecule has 2 heterocycles. The van der Waals surface area contributed by atoms with Gasteiger partial charge in [-0.25, -0.2) is 9.97 Å². The van der Waals surface area contributed by atoms with Crippen molar-refractivity contribution in [2.24, 2.45) is 0 Å². The number of thiophene rings is 1. The standard InChI is InChI=1S/C14H13N3O2S/c1-18-10-5-9(6-11(7-10)19-2)17-14-13-12(3-4-20-13)15-8-16-14/h3-8H,1-2H3,(H,15,16,17). The number of nitrogens with one attached hydrogen (secondary N) is 1. The van der Waals surface area contributed by atoms with Crippen LogP contribution in [-0.4, -0.2) is 24.2 Å². The molecule has 0 fully saturated rings. The molecule has 0 saturated heterocycles. The highest BCUT2D eigenvalue weighted by Crippen LogP contribution is 2.31. The normalized spacial score (nSPS) is 10.5. The first-order valence-electron chi connectivity index (χ1n) is 5.98. The van der Waals surface area contributed by atoms with E-state index in [4.69, 9.17) is 9.47 Å². The number of anilines is 2. The topological polar surface area (TPSA) is 56.3 Å². The third-order valence-electron chi connectivity index (χ3n) is 2.86. The lowest BCUT2D eigenvalue weighted by atomic mass is 10.2. The Kier molecular flexibility index (Phi) is 3.39. The number of rotatable bonds is 4. The lowest BCUT2D eigenvalue weighted by molar-refractivity contribution is 0.395. The van der Waals surface area contributed by atoms with Crippen molar-refractivity contribution in [1.29, 1.82) is 0 Å². The molecule has 0 spiro atoms. The molecular weight excluding hydrogens is 274 g/mol. The summed E-state index contributed by atoms with van der Waals surface area (Å²) in [6.07, 6.45) is 1.55. The highest BCUT2D eigenvalue weighted by Gasteiger charge is 2.07. The summed E-state index contributed by atoms with van der Waals surface area (Å²) in [7, 11) is 3.25. The molecule has 3 aromatic rings. The fourth-order valence-corrected chi connectivity index (χ4v) is 2.68. The van der Waals surface area contributed by atoms with E-state index >= 15 is 0 Å². The maximum absolute atomic E-state index is 5.26. The first-order chi connectivity index (χ1) is 9.80. The summed E-state index contributed by atoms with van der Waals surface area (Å²) in [5.41, 5.74) is 1.79. The van der Waals surface area contributed by atoms with Gasteiger partial charge in [0.2, 0.25) is 0 Å². The molecule has 0 saturated carbocycles. The minimum Gasteiger partial charge on any atom is -0.497 e.